The Balaban J connectivity index is 1.52. The van der Waals surface area contributed by atoms with Crippen LogP contribution in [0.25, 0.3) is 0 Å². The van der Waals surface area contributed by atoms with Crippen LogP contribution in [0, 0.1) is 5.82 Å². The van der Waals surface area contributed by atoms with Gasteiger partial charge in [0.2, 0.25) is 5.82 Å². The number of halogens is 1. The van der Waals surface area contributed by atoms with Crippen molar-refractivity contribution in [1.29, 1.82) is 0 Å². The van der Waals surface area contributed by atoms with Crippen molar-refractivity contribution in [3.05, 3.63) is 141 Å². The Bertz CT molecular complexity index is 1690. The summed E-state index contributed by atoms with van der Waals surface area (Å²) in [5.74, 6) is -3.73. The Kier molecular flexibility index (Phi) is 8.34. The minimum Gasteiger partial charge on any atom is -0.459 e. The van der Waals surface area contributed by atoms with E-state index in [1.807, 2.05) is 4.98 Å². The summed E-state index contributed by atoms with van der Waals surface area (Å²) in [6, 6.07) is 23.8. The van der Waals surface area contributed by atoms with Crippen molar-refractivity contribution in [1.82, 2.24) is 9.55 Å². The van der Waals surface area contributed by atoms with E-state index in [4.69, 9.17) is 18.9 Å². The van der Waals surface area contributed by atoms with Gasteiger partial charge in [-0.25, -0.2) is 19.2 Å². The predicted molar refractivity (Wildman–Crippen MR) is 143 cm³/mol. The van der Waals surface area contributed by atoms with Crippen LogP contribution in [0.3, 0.4) is 0 Å². The first-order valence-electron chi connectivity index (χ1n) is 12.7. The van der Waals surface area contributed by atoms with E-state index < -0.39 is 66.1 Å². The SMILES string of the molecule is O=C(OC[C@H]1O[C@@H]([15n]2cc(F)c(=O)[15nH][13c]2=O)[C@@H](OC(=O)c2ccccc2)C1OC(=O)c1ccccc1)c1ccccc1. The van der Waals surface area contributed by atoms with Gasteiger partial charge < -0.3 is 18.9 Å². The average molecular weight is 577 g/mol. The zero-order valence-electron chi connectivity index (χ0n) is 21.8. The molecule has 0 radical (unpaired) electrons. The number of rotatable bonds is 8. The topological polar surface area (TPSA) is 143 Å². The number of nitrogens with one attached hydrogen (secondary N) is 1. The summed E-state index contributed by atoms with van der Waals surface area (Å²) >= 11 is 0. The molecule has 4 aromatic rings. The zero-order chi connectivity index (χ0) is 29.6. The van der Waals surface area contributed by atoms with E-state index in [1.165, 1.54) is 36.4 Å². The number of hydrogen-bond acceptors (Lipinski definition) is 9. The molecule has 42 heavy (non-hydrogen) atoms. The van der Waals surface area contributed by atoms with E-state index in [0.717, 1.165) is 0 Å². The summed E-state index contributed by atoms with van der Waals surface area (Å²) in [6.45, 7) is -0.503. The number of H-pyrrole nitrogens is 1. The zero-order valence-corrected chi connectivity index (χ0v) is 21.8. The van der Waals surface area contributed by atoms with Crippen molar-refractivity contribution in [2.45, 2.75) is 24.5 Å². The third-order valence-electron chi connectivity index (χ3n) is 6.38. The molecule has 214 valence electrons. The smallest absolute Gasteiger partial charge is 0.338 e. The molecule has 1 saturated heterocycles. The summed E-state index contributed by atoms with van der Waals surface area (Å²) in [6.07, 6.45) is -5.28. The normalized spacial score (nSPS) is 19.5. The molecule has 12 heteroatoms. The van der Waals surface area contributed by atoms with Gasteiger partial charge in [0.1, 0.15) is 12.7 Å². The quantitative estimate of drug-likeness (QED) is 0.247. The average Bonchev–Trinajstić information content (AvgIpc) is 3.34. The minimum absolute atomic E-state index is 0.128. The molecular weight excluding hydrogens is 554 g/mol. The third-order valence-corrected chi connectivity index (χ3v) is 6.38. The van der Waals surface area contributed by atoms with Gasteiger partial charge in [0, 0.05) is 0 Å². The Morgan fingerprint density at radius 2 is 1.21 bits per heavy atom. The van der Waals surface area contributed by atoms with Crippen LogP contribution in [0.5, 0.6) is 0 Å². The van der Waals surface area contributed by atoms with Crippen LogP contribution in [0.2, 0.25) is 0 Å². The Hall–Kier alpha value is -5.36. The van der Waals surface area contributed by atoms with Crippen molar-refractivity contribution in [3.63, 3.8) is 0 Å². The lowest BCUT2D eigenvalue weighted by Gasteiger charge is -2.25. The first-order chi connectivity index (χ1) is 20.3. The lowest BCUT2D eigenvalue weighted by molar-refractivity contribution is -0.0643. The van der Waals surface area contributed by atoms with E-state index in [2.05, 4.69) is 0 Å². The number of nitrogens with zero attached hydrogens (tertiary/aromatic N) is 1. The molecule has 1 aliphatic rings. The summed E-state index contributed by atoms with van der Waals surface area (Å²) < 4.78 is 37.8. The highest BCUT2D eigenvalue weighted by molar-refractivity contribution is 5.91. The van der Waals surface area contributed by atoms with Gasteiger partial charge in [0.25, 0.3) is 5.56 Å². The van der Waals surface area contributed by atoms with E-state index in [9.17, 15) is 28.4 Å². The Morgan fingerprint density at radius 1 is 0.738 bits per heavy atom. The van der Waals surface area contributed by atoms with Crippen LogP contribution >= 0.6 is 0 Å². The molecule has 1 fully saturated rings. The van der Waals surface area contributed by atoms with Gasteiger partial charge in [-0.05, 0) is 36.4 Å². The highest BCUT2D eigenvalue weighted by Gasteiger charge is 2.51. The largest absolute Gasteiger partial charge is 0.459 e. The van der Waals surface area contributed by atoms with Gasteiger partial charge in [0.15, 0.2) is 18.4 Å². The molecule has 1 unspecified atom stereocenters. The molecule has 5 rings (SSSR count). The number of carbonyl (C=O) groups is 3. The first kappa shape index (κ1) is 28.2. The number of benzene rings is 3. The second kappa shape index (κ2) is 12.4. The first-order valence-corrected chi connectivity index (χ1v) is 12.7. The Morgan fingerprint density at radius 3 is 1.74 bits per heavy atom. The van der Waals surface area contributed by atoms with Crippen LogP contribution in [0.4, 0.5) is 4.39 Å². The maximum absolute atomic E-state index is 14.3. The van der Waals surface area contributed by atoms with Crippen LogP contribution in [-0.2, 0) is 18.9 Å². The number of aromatic nitrogens is 2. The number of aromatic amines is 1. The van der Waals surface area contributed by atoms with Crippen LogP contribution in [-0.4, -0.2) is 52.4 Å². The second-order valence-corrected chi connectivity index (χ2v) is 9.15. The molecule has 0 spiro atoms. The molecular formula is C30H23FN2O9. The van der Waals surface area contributed by atoms with Crippen molar-refractivity contribution < 1.29 is 37.7 Å². The monoisotopic (exact) mass is 577 g/mol. The van der Waals surface area contributed by atoms with Gasteiger partial charge >= 0.3 is 23.6 Å². The summed E-state index contributed by atoms with van der Waals surface area (Å²) in [4.78, 5) is 65.1. The van der Waals surface area contributed by atoms with E-state index >= 15 is 0 Å². The maximum Gasteiger partial charge on any atom is 0.338 e. The molecule has 0 saturated carbocycles. The summed E-state index contributed by atoms with van der Waals surface area (Å²) in [5.41, 5.74) is -1.84. The molecule has 4 atom stereocenters. The maximum atomic E-state index is 14.3. The van der Waals surface area contributed by atoms with E-state index in [-0.39, 0.29) is 16.7 Å². The molecule has 2 heterocycles. The van der Waals surface area contributed by atoms with Gasteiger partial charge in [-0.3, -0.25) is 14.3 Å². The second-order valence-electron chi connectivity index (χ2n) is 9.15. The molecule has 0 aliphatic carbocycles. The number of esters is 3. The highest BCUT2D eigenvalue weighted by atomic mass is 19.1. The number of carbonyl (C=O) groups excluding carboxylic acids is 3. The fourth-order valence-electron chi connectivity index (χ4n) is 4.33. The van der Waals surface area contributed by atoms with Crippen LogP contribution < -0.4 is 11.2 Å². The molecule has 1 aromatic heterocycles. The number of ether oxygens (including phenoxy) is 4. The Labute approximate surface area is 237 Å². The van der Waals surface area contributed by atoms with Crippen LogP contribution in [0.1, 0.15) is 37.3 Å². The van der Waals surface area contributed by atoms with Crippen molar-refractivity contribution >= 4 is 17.9 Å². The third kappa shape index (κ3) is 6.18. The lowest BCUT2D eigenvalue weighted by Crippen LogP contribution is -2.43. The van der Waals surface area contributed by atoms with Crippen molar-refractivity contribution in [2.24, 2.45) is 0 Å². The van der Waals surface area contributed by atoms with Gasteiger partial charge in [0.05, 0.1) is 22.9 Å². The molecule has 11 nitrogen and oxygen atoms in total. The van der Waals surface area contributed by atoms with Gasteiger partial charge in [-0.15, -0.1) is 0 Å². The van der Waals surface area contributed by atoms with Crippen LogP contribution in [0.15, 0.2) is 107 Å². The summed E-state index contributed by atoms with van der Waals surface area (Å²) in [5, 5.41) is 0. The fraction of sp³-hybridized carbons (Fsp3) is 0.167. The van der Waals surface area contributed by atoms with Crippen molar-refractivity contribution in [3.8, 4) is 0 Å². The predicted octanol–water partition coefficient (Wildman–Crippen LogP) is 2.88. The fourth-order valence-corrected chi connectivity index (χ4v) is 4.33. The number of hydrogen-bond donors (Lipinski definition) is 1. The molecule has 1 aliphatic heterocycles. The van der Waals surface area contributed by atoms with Gasteiger partial charge in [-0.1, -0.05) is 54.6 Å². The molecule has 0 bridgehead atoms. The van der Waals surface area contributed by atoms with Crippen molar-refractivity contribution in [2.75, 3.05) is 6.61 Å². The molecule has 3 aromatic carbocycles. The van der Waals surface area contributed by atoms with Gasteiger partial charge in [-0.2, -0.15) is 4.39 Å². The minimum atomic E-state index is -1.59. The standard InChI is InChI=1S/C30H23FN2O9/c31-21-16-33(30(38)32-25(21)34)26-24(42-29(37)20-14-8-3-9-15-20)23(41-28(36)19-12-6-2-7-13-19)22(40-26)17-39-27(35)18-10-4-1-5-11-18/h1-16,22-24,26H,17H2,(H,32,34,38)/t22-,23?,24+,26-/m1/s1/i30+1,32+1,33+1. The van der Waals surface area contributed by atoms with E-state index in [1.54, 1.807) is 54.6 Å². The summed E-state index contributed by atoms with van der Waals surface area (Å²) in [7, 11) is 0. The molecule has 0 amide bonds. The van der Waals surface area contributed by atoms with E-state index in [0.29, 0.717) is 10.8 Å². The molecule has 1 N–H and O–H groups in total. The highest BCUT2D eigenvalue weighted by Crippen LogP contribution is 2.34. The lowest BCUT2D eigenvalue weighted by atomic mass is 10.1.